The number of anilines is 5. The summed E-state index contributed by atoms with van der Waals surface area (Å²) in [4.78, 5) is 12.5. The van der Waals surface area contributed by atoms with E-state index in [1.54, 1.807) is 11.3 Å². The van der Waals surface area contributed by atoms with Crippen LogP contribution in [0.2, 0.25) is 0 Å². The maximum absolute atomic E-state index is 6.24. The van der Waals surface area contributed by atoms with Gasteiger partial charge in [0.25, 0.3) is 0 Å². The second-order valence-corrected chi connectivity index (χ2v) is 9.93. The SMILES string of the molecule is CC(C)c1cnc(N2CCc3ccc(Oc4[c-]c(N5[CH-]N(C)c6ccccc65)ccc4)[c-]c32)s1.[Pt]. The predicted octanol–water partition coefficient (Wildman–Crippen LogP) is 7.06. The minimum absolute atomic E-state index is 0. The molecule has 0 aliphatic carbocycles. The monoisotopic (exact) mass is 660 g/mol. The molecular formula is C28H25N4OPtS-3. The maximum Gasteiger partial charge on any atom is 0.188 e. The molecule has 0 fully saturated rings. The third-order valence-electron chi connectivity index (χ3n) is 6.21. The number of fused-ring (bicyclic) bond motifs is 2. The van der Waals surface area contributed by atoms with E-state index in [-0.39, 0.29) is 21.1 Å². The van der Waals surface area contributed by atoms with Gasteiger partial charge in [-0.1, -0.05) is 38.1 Å². The second-order valence-electron chi connectivity index (χ2n) is 8.89. The van der Waals surface area contributed by atoms with Crippen LogP contribution in [0.3, 0.4) is 0 Å². The summed E-state index contributed by atoms with van der Waals surface area (Å²) in [6, 6.07) is 25.4. The van der Waals surface area contributed by atoms with Crippen LogP contribution in [-0.4, -0.2) is 18.6 Å². The molecule has 182 valence electrons. The number of hydrogen-bond donors (Lipinski definition) is 0. The van der Waals surface area contributed by atoms with E-state index in [4.69, 9.17) is 4.74 Å². The third-order valence-corrected chi connectivity index (χ3v) is 7.53. The van der Waals surface area contributed by atoms with E-state index >= 15 is 0 Å². The van der Waals surface area contributed by atoms with Gasteiger partial charge in [0.2, 0.25) is 0 Å². The first-order valence-corrected chi connectivity index (χ1v) is 12.3. The van der Waals surface area contributed by atoms with Crippen molar-refractivity contribution < 1.29 is 25.8 Å². The summed E-state index contributed by atoms with van der Waals surface area (Å²) >= 11 is 1.76. The molecule has 3 heterocycles. The summed E-state index contributed by atoms with van der Waals surface area (Å²) < 4.78 is 6.24. The van der Waals surface area contributed by atoms with Crippen LogP contribution < -0.4 is 19.4 Å². The van der Waals surface area contributed by atoms with Gasteiger partial charge in [-0.15, -0.1) is 52.9 Å². The Kier molecular flexibility index (Phi) is 6.61. The molecule has 1 aromatic heterocycles. The van der Waals surface area contributed by atoms with Crippen molar-refractivity contribution in [2.24, 2.45) is 0 Å². The van der Waals surface area contributed by atoms with Crippen LogP contribution in [0.1, 0.15) is 30.2 Å². The van der Waals surface area contributed by atoms with Gasteiger partial charge >= 0.3 is 0 Å². The van der Waals surface area contributed by atoms with E-state index < -0.39 is 0 Å². The summed E-state index contributed by atoms with van der Waals surface area (Å²) in [5, 5.41) is 1.02. The van der Waals surface area contributed by atoms with Gasteiger partial charge in [-0.25, -0.2) is 4.98 Å². The first-order chi connectivity index (χ1) is 16.6. The summed E-state index contributed by atoms with van der Waals surface area (Å²) in [5.41, 5.74) is 5.56. The molecule has 35 heavy (non-hydrogen) atoms. The average molecular weight is 661 g/mol. The van der Waals surface area contributed by atoms with E-state index in [1.807, 2.05) is 30.5 Å². The van der Waals surface area contributed by atoms with Crippen molar-refractivity contribution >= 4 is 39.2 Å². The van der Waals surface area contributed by atoms with Crippen LogP contribution in [0, 0.1) is 18.8 Å². The topological polar surface area (TPSA) is 31.8 Å². The van der Waals surface area contributed by atoms with E-state index in [0.717, 1.165) is 40.8 Å². The van der Waals surface area contributed by atoms with Crippen LogP contribution >= 0.6 is 11.3 Å². The summed E-state index contributed by atoms with van der Waals surface area (Å²) in [6.45, 7) is 7.39. The molecule has 0 radical (unpaired) electrons. The number of benzene rings is 3. The van der Waals surface area contributed by atoms with Crippen molar-refractivity contribution in [1.82, 2.24) is 4.98 Å². The molecule has 4 aromatic rings. The van der Waals surface area contributed by atoms with Gasteiger partial charge in [0.1, 0.15) is 0 Å². The van der Waals surface area contributed by atoms with Crippen LogP contribution in [0.4, 0.5) is 27.9 Å². The van der Waals surface area contributed by atoms with Crippen molar-refractivity contribution in [2.75, 3.05) is 28.3 Å². The van der Waals surface area contributed by atoms with Crippen LogP contribution in [0.15, 0.2) is 60.8 Å². The number of rotatable bonds is 5. The van der Waals surface area contributed by atoms with Crippen molar-refractivity contribution in [1.29, 1.82) is 0 Å². The fourth-order valence-corrected chi connectivity index (χ4v) is 5.36. The molecular weight excluding hydrogens is 635 g/mol. The van der Waals surface area contributed by atoms with Crippen LogP contribution in [-0.2, 0) is 27.5 Å². The average Bonchev–Trinajstić information content (AvgIpc) is 3.57. The molecule has 0 atom stereocenters. The van der Waals surface area contributed by atoms with Gasteiger partial charge in [-0.3, -0.25) is 0 Å². The molecule has 2 aliphatic heterocycles. The smallest absolute Gasteiger partial charge is 0.188 e. The van der Waals surface area contributed by atoms with Crippen molar-refractivity contribution in [3.05, 3.63) is 90.0 Å². The summed E-state index contributed by atoms with van der Waals surface area (Å²) in [6.07, 6.45) is 2.98. The number of thiazole rings is 1. The second kappa shape index (κ2) is 9.67. The van der Waals surface area contributed by atoms with Gasteiger partial charge in [0.15, 0.2) is 5.13 Å². The molecule has 0 unspecified atom stereocenters. The standard InChI is InChI=1S/C28H25N4OS.Pt/c1-19(2)27-17-29-28(34-27)31-14-13-20-11-12-23(16-26(20)31)33-22-8-6-7-21(15-22)32-18-30(3)24-9-4-5-10-25(24)32;/h4-12,17-19H,13-14H2,1-3H3;/q-3;. The minimum Gasteiger partial charge on any atom is -0.509 e. The van der Waals surface area contributed by atoms with E-state index in [0.29, 0.717) is 17.4 Å². The Labute approximate surface area is 225 Å². The fourth-order valence-electron chi connectivity index (χ4n) is 4.41. The molecule has 0 bridgehead atoms. The first-order valence-electron chi connectivity index (χ1n) is 11.5. The molecule has 0 N–H and O–H groups in total. The first kappa shape index (κ1) is 23.9. The van der Waals surface area contributed by atoms with Gasteiger partial charge in [-0.2, -0.15) is 18.8 Å². The number of hydrogen-bond acceptors (Lipinski definition) is 6. The zero-order valence-electron chi connectivity index (χ0n) is 19.8. The Morgan fingerprint density at radius 3 is 2.60 bits per heavy atom. The summed E-state index contributed by atoms with van der Waals surface area (Å²) in [5.74, 6) is 1.83. The maximum atomic E-state index is 6.24. The molecule has 0 amide bonds. The predicted molar refractivity (Wildman–Crippen MR) is 139 cm³/mol. The molecule has 6 rings (SSSR count). The van der Waals surface area contributed by atoms with Crippen molar-refractivity contribution in [3.63, 3.8) is 0 Å². The van der Waals surface area contributed by atoms with E-state index in [9.17, 15) is 0 Å². The Hall–Kier alpha value is -2.82. The van der Waals surface area contributed by atoms with Gasteiger partial charge in [0, 0.05) is 61.6 Å². The fraction of sp³-hybridized carbons (Fsp3) is 0.214. The number of para-hydroxylation sites is 2. The van der Waals surface area contributed by atoms with Gasteiger partial charge < -0.3 is 19.4 Å². The van der Waals surface area contributed by atoms with Crippen LogP contribution in [0.5, 0.6) is 11.5 Å². The number of ether oxygens (including phenoxy) is 1. The molecule has 0 spiro atoms. The van der Waals surface area contributed by atoms with E-state index in [2.05, 4.69) is 89.7 Å². The number of nitrogens with zero attached hydrogens (tertiary/aromatic N) is 4. The van der Waals surface area contributed by atoms with Crippen molar-refractivity contribution in [3.8, 4) is 11.5 Å². The Morgan fingerprint density at radius 1 is 1.00 bits per heavy atom. The van der Waals surface area contributed by atoms with E-state index in [1.165, 1.54) is 10.4 Å². The Morgan fingerprint density at radius 2 is 1.80 bits per heavy atom. The van der Waals surface area contributed by atoms with Crippen LogP contribution in [0.25, 0.3) is 0 Å². The van der Waals surface area contributed by atoms with Gasteiger partial charge in [-0.05, 0) is 25.1 Å². The molecule has 0 saturated heterocycles. The van der Waals surface area contributed by atoms with Gasteiger partial charge in [0.05, 0.1) is 0 Å². The summed E-state index contributed by atoms with van der Waals surface area (Å²) in [7, 11) is 2.05. The normalized spacial score (nSPS) is 14.2. The van der Waals surface area contributed by atoms with Crippen molar-refractivity contribution in [2.45, 2.75) is 26.2 Å². The number of aromatic nitrogens is 1. The molecule has 0 saturated carbocycles. The quantitative estimate of drug-likeness (QED) is 0.214. The minimum atomic E-state index is 0. The largest absolute Gasteiger partial charge is 0.509 e. The Balaban J connectivity index is 0.00000253. The third kappa shape index (κ3) is 4.46. The molecule has 7 heteroatoms. The zero-order valence-corrected chi connectivity index (χ0v) is 22.9. The Bertz CT molecular complexity index is 1350. The molecule has 5 nitrogen and oxygen atoms in total. The molecule has 3 aromatic carbocycles. The molecule has 2 aliphatic rings. The zero-order chi connectivity index (χ0) is 23.2.